The van der Waals surface area contributed by atoms with Gasteiger partial charge in [-0.15, -0.1) is 0 Å². The number of esters is 1. The van der Waals surface area contributed by atoms with Crippen LogP contribution in [0.4, 0.5) is 4.79 Å². The number of alkyl carbamates (subject to hydrolysis) is 1. The van der Waals surface area contributed by atoms with Gasteiger partial charge in [0.25, 0.3) is 0 Å². The second-order valence-electron chi connectivity index (χ2n) is 8.15. The lowest BCUT2D eigenvalue weighted by molar-refractivity contribution is -0.144. The lowest BCUT2D eigenvalue weighted by Crippen LogP contribution is -2.44. The van der Waals surface area contributed by atoms with Gasteiger partial charge in [-0.25, -0.2) is 9.59 Å². The first kappa shape index (κ1) is 24.8. The molecule has 34 heavy (non-hydrogen) atoms. The molecule has 1 aliphatic rings. The van der Waals surface area contributed by atoms with Gasteiger partial charge in [0.2, 0.25) is 5.91 Å². The fourth-order valence-corrected chi connectivity index (χ4v) is 4.05. The van der Waals surface area contributed by atoms with Crippen LogP contribution >= 0.6 is 0 Å². The van der Waals surface area contributed by atoms with Crippen LogP contribution in [0.5, 0.6) is 0 Å². The Labute approximate surface area is 197 Å². The monoisotopic (exact) mass is 468 g/mol. The van der Waals surface area contributed by atoms with Crippen molar-refractivity contribution in [3.63, 3.8) is 0 Å². The number of carboxylic acids is 1. The van der Waals surface area contributed by atoms with Crippen LogP contribution in [-0.4, -0.2) is 54.8 Å². The Bertz CT molecular complexity index is 1020. The zero-order valence-corrected chi connectivity index (χ0v) is 19.1. The third-order valence-corrected chi connectivity index (χ3v) is 5.70. The molecule has 0 bridgehead atoms. The molecule has 0 spiro atoms. The van der Waals surface area contributed by atoms with Crippen LogP contribution in [0.2, 0.25) is 0 Å². The first-order chi connectivity index (χ1) is 16.3. The van der Waals surface area contributed by atoms with E-state index >= 15 is 0 Å². The predicted molar refractivity (Wildman–Crippen MR) is 123 cm³/mol. The number of ether oxygens (including phenoxy) is 2. The van der Waals surface area contributed by atoms with Gasteiger partial charge in [-0.3, -0.25) is 9.59 Å². The normalized spacial score (nSPS) is 13.7. The Kier molecular flexibility index (Phi) is 8.24. The van der Waals surface area contributed by atoms with Gasteiger partial charge in [-0.05, 0) is 35.6 Å². The van der Waals surface area contributed by atoms with Crippen molar-refractivity contribution < 1.29 is 33.8 Å². The SMILES string of the molecule is COC(=O)CCC(NC(=O)C[C@H](C)NC(=O)OCC1c2ccccc2-c2ccccc21)C(=O)O. The van der Waals surface area contributed by atoms with Crippen LogP contribution in [0.1, 0.15) is 43.2 Å². The topological polar surface area (TPSA) is 131 Å². The first-order valence-electron chi connectivity index (χ1n) is 11.0. The maximum absolute atomic E-state index is 12.3. The Morgan fingerprint density at radius 1 is 0.971 bits per heavy atom. The van der Waals surface area contributed by atoms with Crippen molar-refractivity contribution in [2.75, 3.05) is 13.7 Å². The molecule has 0 aliphatic heterocycles. The zero-order chi connectivity index (χ0) is 24.7. The second kappa shape index (κ2) is 11.3. The summed E-state index contributed by atoms with van der Waals surface area (Å²) < 4.78 is 9.95. The highest BCUT2D eigenvalue weighted by atomic mass is 16.5. The molecule has 0 heterocycles. The van der Waals surface area contributed by atoms with Gasteiger partial charge in [0, 0.05) is 24.8 Å². The number of benzene rings is 2. The summed E-state index contributed by atoms with van der Waals surface area (Å²) in [5, 5.41) is 14.2. The van der Waals surface area contributed by atoms with E-state index in [9.17, 15) is 24.3 Å². The summed E-state index contributed by atoms with van der Waals surface area (Å²) in [4.78, 5) is 47.1. The van der Waals surface area contributed by atoms with Crippen molar-refractivity contribution in [2.45, 2.75) is 44.2 Å². The summed E-state index contributed by atoms with van der Waals surface area (Å²) in [6.07, 6.45) is -1.04. The number of fused-ring (bicyclic) bond motifs is 3. The minimum absolute atomic E-state index is 0.0807. The molecule has 0 saturated carbocycles. The van der Waals surface area contributed by atoms with E-state index in [-0.39, 0.29) is 31.8 Å². The van der Waals surface area contributed by atoms with Crippen molar-refractivity contribution >= 4 is 23.9 Å². The standard InChI is InChI=1S/C25H28N2O7/c1-15(13-22(28)27-21(24(30)31)11-12-23(29)33-2)26-25(32)34-14-20-18-9-5-3-7-16(18)17-8-4-6-10-19(17)20/h3-10,15,20-21H,11-14H2,1-2H3,(H,26,32)(H,27,28)(H,30,31)/t15-,21?/m0/s1. The molecule has 9 heteroatoms. The molecule has 0 fully saturated rings. The largest absolute Gasteiger partial charge is 0.480 e. The fourth-order valence-electron chi connectivity index (χ4n) is 4.05. The summed E-state index contributed by atoms with van der Waals surface area (Å²) in [5.41, 5.74) is 4.43. The number of rotatable bonds is 10. The maximum Gasteiger partial charge on any atom is 0.407 e. The van der Waals surface area contributed by atoms with E-state index in [1.807, 2.05) is 48.5 Å². The van der Waals surface area contributed by atoms with Crippen LogP contribution in [-0.2, 0) is 23.9 Å². The zero-order valence-electron chi connectivity index (χ0n) is 19.1. The van der Waals surface area contributed by atoms with Gasteiger partial charge in [0.15, 0.2) is 0 Å². The summed E-state index contributed by atoms with van der Waals surface area (Å²) in [5.74, 6) is -2.47. The molecule has 3 rings (SSSR count). The Balaban J connectivity index is 1.49. The van der Waals surface area contributed by atoms with Crippen LogP contribution in [0, 0.1) is 0 Å². The fraction of sp³-hybridized carbons (Fsp3) is 0.360. The molecule has 0 radical (unpaired) electrons. The van der Waals surface area contributed by atoms with Crippen molar-refractivity contribution in [1.29, 1.82) is 0 Å². The number of nitrogens with one attached hydrogen (secondary N) is 2. The number of carboxylic acid groups (broad SMARTS) is 1. The molecule has 2 atom stereocenters. The minimum Gasteiger partial charge on any atom is -0.480 e. The number of hydrogen-bond acceptors (Lipinski definition) is 6. The average molecular weight is 469 g/mol. The molecule has 0 saturated heterocycles. The van der Waals surface area contributed by atoms with Crippen molar-refractivity contribution in [3.05, 3.63) is 59.7 Å². The van der Waals surface area contributed by atoms with E-state index in [1.165, 1.54) is 7.11 Å². The van der Waals surface area contributed by atoms with Gasteiger partial charge in [0.05, 0.1) is 7.11 Å². The van der Waals surface area contributed by atoms with E-state index < -0.39 is 36.0 Å². The molecule has 1 unspecified atom stereocenters. The van der Waals surface area contributed by atoms with E-state index in [4.69, 9.17) is 4.74 Å². The number of aliphatic carboxylic acids is 1. The van der Waals surface area contributed by atoms with Gasteiger partial charge in [-0.2, -0.15) is 0 Å². The Morgan fingerprint density at radius 3 is 2.12 bits per heavy atom. The van der Waals surface area contributed by atoms with Crippen LogP contribution in [0.25, 0.3) is 11.1 Å². The number of hydrogen-bond donors (Lipinski definition) is 3. The number of methoxy groups -OCH3 is 1. The van der Waals surface area contributed by atoms with Crippen molar-refractivity contribution in [3.8, 4) is 11.1 Å². The Morgan fingerprint density at radius 2 is 1.56 bits per heavy atom. The highest BCUT2D eigenvalue weighted by molar-refractivity contribution is 5.84. The highest BCUT2D eigenvalue weighted by Crippen LogP contribution is 2.44. The van der Waals surface area contributed by atoms with E-state index in [0.29, 0.717) is 0 Å². The molecule has 9 nitrogen and oxygen atoms in total. The summed E-state index contributed by atoms with van der Waals surface area (Å²) in [6, 6.07) is 14.2. The smallest absolute Gasteiger partial charge is 0.407 e. The van der Waals surface area contributed by atoms with Crippen LogP contribution in [0.15, 0.2) is 48.5 Å². The van der Waals surface area contributed by atoms with E-state index in [2.05, 4.69) is 15.4 Å². The lowest BCUT2D eigenvalue weighted by atomic mass is 9.98. The molecular weight excluding hydrogens is 440 g/mol. The van der Waals surface area contributed by atoms with E-state index in [1.54, 1.807) is 6.92 Å². The van der Waals surface area contributed by atoms with Crippen LogP contribution in [0.3, 0.4) is 0 Å². The number of amides is 2. The number of carbonyl (C=O) groups is 4. The van der Waals surface area contributed by atoms with Gasteiger partial charge < -0.3 is 25.2 Å². The predicted octanol–water partition coefficient (Wildman–Crippen LogP) is 2.83. The first-order valence-corrected chi connectivity index (χ1v) is 11.0. The third-order valence-electron chi connectivity index (χ3n) is 5.70. The maximum atomic E-state index is 12.3. The third kappa shape index (κ3) is 6.12. The highest BCUT2D eigenvalue weighted by Gasteiger charge is 2.29. The van der Waals surface area contributed by atoms with Gasteiger partial charge in [0.1, 0.15) is 12.6 Å². The molecule has 3 N–H and O–H groups in total. The molecule has 0 aromatic heterocycles. The molecule has 1 aliphatic carbocycles. The molecule has 180 valence electrons. The summed E-state index contributed by atoms with van der Waals surface area (Å²) in [7, 11) is 1.20. The molecule has 2 aromatic rings. The van der Waals surface area contributed by atoms with E-state index in [0.717, 1.165) is 22.3 Å². The number of carbonyl (C=O) groups excluding carboxylic acids is 3. The van der Waals surface area contributed by atoms with Crippen LogP contribution < -0.4 is 10.6 Å². The van der Waals surface area contributed by atoms with Crippen molar-refractivity contribution in [2.24, 2.45) is 0 Å². The molecule has 2 amide bonds. The lowest BCUT2D eigenvalue weighted by Gasteiger charge is -2.18. The molecule has 2 aromatic carbocycles. The minimum atomic E-state index is -1.26. The summed E-state index contributed by atoms with van der Waals surface area (Å²) >= 11 is 0. The second-order valence-corrected chi connectivity index (χ2v) is 8.15. The van der Waals surface area contributed by atoms with Crippen molar-refractivity contribution in [1.82, 2.24) is 10.6 Å². The summed E-state index contributed by atoms with van der Waals surface area (Å²) in [6.45, 7) is 1.76. The van der Waals surface area contributed by atoms with Gasteiger partial charge >= 0.3 is 18.0 Å². The average Bonchev–Trinajstić information content (AvgIpc) is 3.13. The van der Waals surface area contributed by atoms with Gasteiger partial charge in [-0.1, -0.05) is 48.5 Å². The Hall–Kier alpha value is -3.88. The quantitative estimate of drug-likeness (QED) is 0.457. The molecular formula is C25H28N2O7.